The van der Waals surface area contributed by atoms with Gasteiger partial charge in [-0.3, -0.25) is 9.69 Å². The molecule has 1 aliphatic heterocycles. The maximum absolute atomic E-state index is 13.8. The van der Waals surface area contributed by atoms with Crippen molar-refractivity contribution in [3.63, 3.8) is 0 Å². The van der Waals surface area contributed by atoms with Gasteiger partial charge in [-0.15, -0.1) is 0 Å². The zero-order chi connectivity index (χ0) is 27.6. The Hall–Kier alpha value is -3.46. The summed E-state index contributed by atoms with van der Waals surface area (Å²) >= 11 is 0. The van der Waals surface area contributed by atoms with Crippen molar-refractivity contribution in [3.05, 3.63) is 59.8 Å². The third kappa shape index (κ3) is 5.12. The Kier molecular flexibility index (Phi) is 7.62. The summed E-state index contributed by atoms with van der Waals surface area (Å²) in [6.45, 7) is 1.19. The summed E-state index contributed by atoms with van der Waals surface area (Å²) in [5, 5.41) is 2.72. The SMILES string of the molecule is COC(=O)c1cccnc1NC(=O)CN1C[C@]2(CC[C@](c3ccccc3)(N(C)C)CC2)N(CC2CCC2)C1=O. The molecule has 9 nitrogen and oxygen atoms in total. The van der Waals surface area contributed by atoms with Crippen molar-refractivity contribution in [1.29, 1.82) is 0 Å². The Morgan fingerprint density at radius 2 is 1.79 bits per heavy atom. The summed E-state index contributed by atoms with van der Waals surface area (Å²) in [4.78, 5) is 49.3. The van der Waals surface area contributed by atoms with Gasteiger partial charge < -0.3 is 19.9 Å². The van der Waals surface area contributed by atoms with E-state index in [1.54, 1.807) is 17.0 Å². The number of carbonyl (C=O) groups excluding carboxylic acids is 3. The zero-order valence-corrected chi connectivity index (χ0v) is 23.2. The van der Waals surface area contributed by atoms with Crippen LogP contribution in [0.4, 0.5) is 10.6 Å². The Morgan fingerprint density at radius 1 is 1.08 bits per heavy atom. The van der Waals surface area contributed by atoms with Crippen LogP contribution in [0.1, 0.15) is 60.9 Å². The molecule has 208 valence electrons. The Balaban J connectivity index is 1.34. The number of urea groups is 1. The monoisotopic (exact) mass is 533 g/mol. The largest absolute Gasteiger partial charge is 0.465 e. The van der Waals surface area contributed by atoms with E-state index < -0.39 is 5.97 Å². The van der Waals surface area contributed by atoms with Crippen LogP contribution in [0, 0.1) is 5.92 Å². The number of anilines is 1. The number of amides is 3. The molecule has 3 amide bonds. The molecule has 0 bridgehead atoms. The first-order valence-electron chi connectivity index (χ1n) is 13.9. The summed E-state index contributed by atoms with van der Waals surface area (Å²) in [5.74, 6) is -0.287. The molecule has 2 aliphatic carbocycles. The highest BCUT2D eigenvalue weighted by atomic mass is 16.5. The lowest BCUT2D eigenvalue weighted by Gasteiger charge is -2.51. The maximum atomic E-state index is 13.8. The van der Waals surface area contributed by atoms with Crippen LogP contribution in [0.3, 0.4) is 0 Å². The summed E-state index contributed by atoms with van der Waals surface area (Å²) in [6, 6.07) is 13.8. The number of rotatable bonds is 8. The van der Waals surface area contributed by atoms with Gasteiger partial charge in [0.25, 0.3) is 0 Å². The van der Waals surface area contributed by atoms with Crippen LogP contribution >= 0.6 is 0 Å². The lowest BCUT2D eigenvalue weighted by molar-refractivity contribution is -0.116. The molecular weight excluding hydrogens is 494 g/mol. The van der Waals surface area contributed by atoms with Gasteiger partial charge >= 0.3 is 12.0 Å². The van der Waals surface area contributed by atoms with E-state index in [1.807, 2.05) is 0 Å². The number of hydrogen-bond acceptors (Lipinski definition) is 6. The first kappa shape index (κ1) is 27.1. The van der Waals surface area contributed by atoms with Crippen molar-refractivity contribution >= 4 is 23.7 Å². The second kappa shape index (κ2) is 11.0. The average molecular weight is 534 g/mol. The molecule has 3 fully saturated rings. The number of pyridine rings is 1. The third-order valence-electron chi connectivity index (χ3n) is 9.21. The van der Waals surface area contributed by atoms with Crippen LogP contribution in [0.5, 0.6) is 0 Å². The van der Waals surface area contributed by atoms with Gasteiger partial charge in [0, 0.05) is 24.8 Å². The summed E-state index contributed by atoms with van der Waals surface area (Å²) in [5.41, 5.74) is 1.12. The van der Waals surface area contributed by atoms with Gasteiger partial charge in [0.2, 0.25) is 5.91 Å². The van der Waals surface area contributed by atoms with Crippen molar-refractivity contribution in [1.82, 2.24) is 19.7 Å². The predicted octanol–water partition coefficient (Wildman–Crippen LogP) is 4.11. The Morgan fingerprint density at radius 3 is 2.41 bits per heavy atom. The minimum Gasteiger partial charge on any atom is -0.465 e. The molecule has 1 N–H and O–H groups in total. The maximum Gasteiger partial charge on any atom is 0.341 e. The standard InChI is InChI=1S/C30H39N5O4/c1-33(2)30(23-11-5-4-6-12-23)16-14-29(15-17-30)21-34(28(38)35(29)19-22-9-7-10-22)20-25(36)32-26-24(27(37)39-3)13-8-18-31-26/h4-6,8,11-13,18,22H,7,9-10,14-17,19-21H2,1-3H3,(H,31,32,36)/t29-,30+. The Bertz CT molecular complexity index is 1200. The van der Waals surface area contributed by atoms with Gasteiger partial charge in [-0.1, -0.05) is 36.8 Å². The Labute approximate surface area is 230 Å². The van der Waals surface area contributed by atoms with Gasteiger partial charge in [0.15, 0.2) is 0 Å². The molecule has 1 spiro atoms. The van der Waals surface area contributed by atoms with Gasteiger partial charge in [0.05, 0.1) is 12.6 Å². The lowest BCUT2D eigenvalue weighted by atomic mass is 9.68. The van der Waals surface area contributed by atoms with Crippen molar-refractivity contribution < 1.29 is 19.1 Å². The number of nitrogens with one attached hydrogen (secondary N) is 1. The molecule has 1 aromatic heterocycles. The lowest BCUT2D eigenvalue weighted by Crippen LogP contribution is -2.56. The molecule has 5 rings (SSSR count). The minimum atomic E-state index is -0.578. The summed E-state index contributed by atoms with van der Waals surface area (Å²) in [6.07, 6.45) is 8.67. The normalized spacial score (nSPS) is 25.2. The van der Waals surface area contributed by atoms with Crippen molar-refractivity contribution in [2.45, 2.75) is 56.0 Å². The second-order valence-corrected chi connectivity index (χ2v) is 11.5. The van der Waals surface area contributed by atoms with E-state index in [4.69, 9.17) is 4.74 Å². The molecular formula is C30H39N5O4. The fourth-order valence-corrected chi connectivity index (χ4v) is 6.63. The number of methoxy groups -OCH3 is 1. The fraction of sp³-hybridized carbons (Fsp3) is 0.533. The van der Waals surface area contributed by atoms with Crippen LogP contribution in [-0.2, 0) is 15.1 Å². The van der Waals surface area contributed by atoms with Crippen LogP contribution in [-0.4, -0.2) is 84.0 Å². The smallest absolute Gasteiger partial charge is 0.341 e. The first-order chi connectivity index (χ1) is 18.8. The van der Waals surface area contributed by atoms with E-state index in [0.717, 1.165) is 45.1 Å². The van der Waals surface area contributed by atoms with E-state index in [2.05, 4.69) is 64.5 Å². The number of carbonyl (C=O) groups is 3. The molecule has 1 saturated heterocycles. The number of esters is 1. The summed E-state index contributed by atoms with van der Waals surface area (Å²) < 4.78 is 4.81. The topological polar surface area (TPSA) is 95.1 Å². The molecule has 2 aromatic rings. The van der Waals surface area contributed by atoms with Gasteiger partial charge in [-0.2, -0.15) is 0 Å². The van der Waals surface area contributed by atoms with E-state index in [-0.39, 0.29) is 40.9 Å². The molecule has 39 heavy (non-hydrogen) atoms. The summed E-state index contributed by atoms with van der Waals surface area (Å²) in [7, 11) is 5.58. The van der Waals surface area contributed by atoms with E-state index in [0.29, 0.717) is 12.5 Å². The molecule has 1 aromatic carbocycles. The van der Waals surface area contributed by atoms with Crippen molar-refractivity contribution in [2.24, 2.45) is 5.92 Å². The molecule has 2 heterocycles. The molecule has 2 saturated carbocycles. The molecule has 9 heteroatoms. The van der Waals surface area contributed by atoms with Gasteiger partial charge in [0.1, 0.15) is 17.9 Å². The highest BCUT2D eigenvalue weighted by molar-refractivity contribution is 6.01. The molecule has 3 aliphatic rings. The van der Waals surface area contributed by atoms with Crippen molar-refractivity contribution in [3.8, 4) is 0 Å². The number of hydrogen-bond donors (Lipinski definition) is 1. The highest BCUT2D eigenvalue weighted by Gasteiger charge is 2.55. The predicted molar refractivity (Wildman–Crippen MR) is 148 cm³/mol. The quantitative estimate of drug-likeness (QED) is 0.513. The molecule has 0 atom stereocenters. The number of ether oxygens (including phenoxy) is 1. The minimum absolute atomic E-state index is 0.0664. The second-order valence-electron chi connectivity index (χ2n) is 11.5. The van der Waals surface area contributed by atoms with Crippen molar-refractivity contribution in [2.75, 3.05) is 46.2 Å². The molecule has 0 radical (unpaired) electrons. The van der Waals surface area contributed by atoms with E-state index in [1.165, 1.54) is 25.3 Å². The highest BCUT2D eigenvalue weighted by Crippen LogP contribution is 2.49. The van der Waals surface area contributed by atoms with E-state index in [9.17, 15) is 14.4 Å². The third-order valence-corrected chi connectivity index (χ3v) is 9.21. The van der Waals surface area contributed by atoms with Crippen LogP contribution in [0.2, 0.25) is 0 Å². The van der Waals surface area contributed by atoms with Gasteiger partial charge in [-0.05, 0) is 76.2 Å². The fourth-order valence-electron chi connectivity index (χ4n) is 6.63. The van der Waals surface area contributed by atoms with Gasteiger partial charge in [-0.25, -0.2) is 14.6 Å². The zero-order valence-electron chi connectivity index (χ0n) is 23.2. The average Bonchev–Trinajstić information content (AvgIpc) is 3.16. The van der Waals surface area contributed by atoms with E-state index >= 15 is 0 Å². The molecule has 0 unspecified atom stereocenters. The number of benzene rings is 1. The first-order valence-corrected chi connectivity index (χ1v) is 13.9. The van der Waals surface area contributed by atoms with Crippen LogP contribution in [0.15, 0.2) is 48.7 Å². The number of aromatic nitrogens is 1. The number of nitrogens with zero attached hydrogens (tertiary/aromatic N) is 4. The van der Waals surface area contributed by atoms with Crippen LogP contribution in [0.25, 0.3) is 0 Å². The van der Waals surface area contributed by atoms with Crippen LogP contribution < -0.4 is 5.32 Å².